The Labute approximate surface area is 153 Å². The minimum atomic E-state index is -0.622. The van der Waals surface area contributed by atoms with Gasteiger partial charge in [-0.15, -0.1) is 0 Å². The molecule has 2 aromatic carbocycles. The van der Waals surface area contributed by atoms with Crippen LogP contribution in [0, 0.1) is 0 Å². The summed E-state index contributed by atoms with van der Waals surface area (Å²) in [5, 5.41) is 2.81. The van der Waals surface area contributed by atoms with Gasteiger partial charge in [0, 0.05) is 5.69 Å². The number of rotatable bonds is 5. The number of anilines is 1. The molecule has 0 unspecified atom stereocenters. The van der Waals surface area contributed by atoms with Gasteiger partial charge >= 0.3 is 5.97 Å². The maximum atomic E-state index is 12.4. The molecule has 0 fully saturated rings. The molecule has 1 atom stereocenters. The van der Waals surface area contributed by atoms with E-state index in [0.29, 0.717) is 11.3 Å². The molecule has 3 rings (SSSR count). The number of ether oxygens (including phenoxy) is 2. The summed E-state index contributed by atoms with van der Waals surface area (Å²) in [7, 11) is 1.33. The molecule has 0 bridgehead atoms. The highest BCUT2D eigenvalue weighted by molar-refractivity contribution is 5.95. The molecule has 0 spiro atoms. The van der Waals surface area contributed by atoms with Gasteiger partial charge in [-0.05, 0) is 74.1 Å². The Balaban J connectivity index is 1.64. The molecular formula is C21H23NO4. The first kappa shape index (κ1) is 18.0. The van der Waals surface area contributed by atoms with Crippen molar-refractivity contribution in [2.45, 2.75) is 38.7 Å². The number of nitrogens with one attached hydrogen (secondary N) is 1. The van der Waals surface area contributed by atoms with Crippen molar-refractivity contribution in [3.63, 3.8) is 0 Å². The van der Waals surface area contributed by atoms with Crippen LogP contribution >= 0.6 is 0 Å². The lowest BCUT2D eigenvalue weighted by Gasteiger charge is -2.22. The van der Waals surface area contributed by atoms with Gasteiger partial charge in [0.1, 0.15) is 5.75 Å². The molecule has 1 aliphatic rings. The second kappa shape index (κ2) is 8.04. The highest BCUT2D eigenvalue weighted by Crippen LogP contribution is 2.30. The normalized spacial score (nSPS) is 14.1. The predicted molar refractivity (Wildman–Crippen MR) is 99.6 cm³/mol. The topological polar surface area (TPSA) is 64.6 Å². The fourth-order valence-corrected chi connectivity index (χ4v) is 3.15. The van der Waals surface area contributed by atoms with E-state index in [9.17, 15) is 9.59 Å². The molecule has 1 amide bonds. The highest BCUT2D eigenvalue weighted by atomic mass is 16.5. The van der Waals surface area contributed by atoms with Crippen molar-refractivity contribution in [3.05, 3.63) is 59.2 Å². The lowest BCUT2D eigenvalue weighted by molar-refractivity contribution is -0.122. The van der Waals surface area contributed by atoms with Crippen LogP contribution in [0.15, 0.2) is 42.5 Å². The highest BCUT2D eigenvalue weighted by Gasteiger charge is 2.19. The Morgan fingerprint density at radius 3 is 2.50 bits per heavy atom. The van der Waals surface area contributed by atoms with Gasteiger partial charge in [0.25, 0.3) is 5.91 Å². The van der Waals surface area contributed by atoms with Crippen molar-refractivity contribution in [2.24, 2.45) is 0 Å². The molecule has 26 heavy (non-hydrogen) atoms. The number of esters is 1. The first-order valence-corrected chi connectivity index (χ1v) is 8.85. The van der Waals surface area contributed by atoms with Crippen LogP contribution < -0.4 is 10.1 Å². The first-order chi connectivity index (χ1) is 12.6. The third kappa shape index (κ3) is 4.04. The van der Waals surface area contributed by atoms with Gasteiger partial charge in [0.2, 0.25) is 0 Å². The van der Waals surface area contributed by atoms with E-state index in [1.54, 1.807) is 31.2 Å². The molecule has 2 aromatic rings. The monoisotopic (exact) mass is 353 g/mol. The SMILES string of the molecule is COC(=O)c1ccc(NC(=O)[C@@H](C)Oc2cccc3c2CCCC3)cc1. The second-order valence-electron chi connectivity index (χ2n) is 6.42. The van der Waals surface area contributed by atoms with E-state index in [1.165, 1.54) is 24.7 Å². The largest absolute Gasteiger partial charge is 0.481 e. The third-order valence-corrected chi connectivity index (χ3v) is 4.60. The lowest BCUT2D eigenvalue weighted by Crippen LogP contribution is -2.30. The average Bonchev–Trinajstić information content (AvgIpc) is 2.68. The number of aryl methyl sites for hydroxylation is 1. The van der Waals surface area contributed by atoms with Crippen molar-refractivity contribution < 1.29 is 19.1 Å². The number of hydrogen-bond donors (Lipinski definition) is 1. The van der Waals surface area contributed by atoms with E-state index in [0.717, 1.165) is 25.0 Å². The molecule has 1 aliphatic carbocycles. The number of methoxy groups -OCH3 is 1. The Kier molecular flexibility index (Phi) is 5.56. The van der Waals surface area contributed by atoms with E-state index in [2.05, 4.69) is 16.1 Å². The molecule has 0 aromatic heterocycles. The maximum Gasteiger partial charge on any atom is 0.337 e. The van der Waals surface area contributed by atoms with E-state index >= 15 is 0 Å². The number of carbonyl (C=O) groups is 2. The molecule has 0 heterocycles. The Morgan fingerprint density at radius 2 is 1.77 bits per heavy atom. The van der Waals surface area contributed by atoms with Gasteiger partial charge in [0.05, 0.1) is 12.7 Å². The zero-order valence-electron chi connectivity index (χ0n) is 15.1. The summed E-state index contributed by atoms with van der Waals surface area (Å²) in [4.78, 5) is 23.9. The molecule has 0 aliphatic heterocycles. The molecular weight excluding hydrogens is 330 g/mol. The van der Waals surface area contributed by atoms with Crippen LogP contribution in [0.2, 0.25) is 0 Å². The summed E-state index contributed by atoms with van der Waals surface area (Å²) in [6, 6.07) is 12.6. The summed E-state index contributed by atoms with van der Waals surface area (Å²) >= 11 is 0. The van der Waals surface area contributed by atoms with Gasteiger partial charge in [0.15, 0.2) is 6.10 Å². The number of carbonyl (C=O) groups excluding carboxylic acids is 2. The van der Waals surface area contributed by atoms with Crippen molar-refractivity contribution in [3.8, 4) is 5.75 Å². The van der Waals surface area contributed by atoms with Gasteiger partial charge in [-0.25, -0.2) is 4.79 Å². The van der Waals surface area contributed by atoms with Crippen LogP contribution in [0.5, 0.6) is 5.75 Å². The van der Waals surface area contributed by atoms with Crippen LogP contribution in [-0.4, -0.2) is 25.1 Å². The van der Waals surface area contributed by atoms with Gasteiger partial charge < -0.3 is 14.8 Å². The van der Waals surface area contributed by atoms with Crippen molar-refractivity contribution >= 4 is 17.6 Å². The first-order valence-electron chi connectivity index (χ1n) is 8.85. The number of fused-ring (bicyclic) bond motifs is 1. The smallest absolute Gasteiger partial charge is 0.337 e. The fraction of sp³-hybridized carbons (Fsp3) is 0.333. The fourth-order valence-electron chi connectivity index (χ4n) is 3.15. The summed E-state index contributed by atoms with van der Waals surface area (Å²) in [5.74, 6) is 0.156. The quantitative estimate of drug-likeness (QED) is 0.832. The van der Waals surface area contributed by atoms with Crippen LogP contribution in [0.25, 0.3) is 0 Å². The third-order valence-electron chi connectivity index (χ3n) is 4.60. The molecule has 0 saturated carbocycles. The van der Waals surface area contributed by atoms with Crippen molar-refractivity contribution in [1.29, 1.82) is 0 Å². The molecule has 5 nitrogen and oxygen atoms in total. The maximum absolute atomic E-state index is 12.4. The van der Waals surface area contributed by atoms with Crippen LogP contribution in [0.4, 0.5) is 5.69 Å². The minimum Gasteiger partial charge on any atom is -0.481 e. The zero-order valence-corrected chi connectivity index (χ0v) is 15.1. The van der Waals surface area contributed by atoms with Gasteiger partial charge in [-0.1, -0.05) is 12.1 Å². The predicted octanol–water partition coefficient (Wildman–Crippen LogP) is 3.76. The Morgan fingerprint density at radius 1 is 1.04 bits per heavy atom. The average molecular weight is 353 g/mol. The van der Waals surface area contributed by atoms with E-state index < -0.39 is 12.1 Å². The summed E-state index contributed by atoms with van der Waals surface area (Å²) < 4.78 is 10.6. The zero-order chi connectivity index (χ0) is 18.5. The van der Waals surface area contributed by atoms with E-state index in [-0.39, 0.29) is 5.91 Å². The van der Waals surface area contributed by atoms with Crippen LogP contribution in [0.3, 0.4) is 0 Å². The Hall–Kier alpha value is -2.82. The minimum absolute atomic E-state index is 0.232. The molecule has 5 heteroatoms. The van der Waals surface area contributed by atoms with Crippen molar-refractivity contribution in [1.82, 2.24) is 0 Å². The Bertz CT molecular complexity index is 798. The summed E-state index contributed by atoms with van der Waals surface area (Å²) in [5.41, 5.74) is 3.58. The summed E-state index contributed by atoms with van der Waals surface area (Å²) in [6.07, 6.45) is 3.80. The van der Waals surface area contributed by atoms with Gasteiger partial charge in [-0.3, -0.25) is 4.79 Å². The standard InChI is InChI=1S/C21H23NO4/c1-14(26-19-9-5-7-15-6-3-4-8-18(15)19)20(23)22-17-12-10-16(11-13-17)21(24)25-2/h5,7,9-14H,3-4,6,8H2,1-2H3,(H,22,23)/t14-/m1/s1. The molecule has 0 radical (unpaired) electrons. The second-order valence-corrected chi connectivity index (χ2v) is 6.42. The van der Waals surface area contributed by atoms with Crippen LogP contribution in [-0.2, 0) is 22.4 Å². The van der Waals surface area contributed by atoms with E-state index in [4.69, 9.17) is 4.74 Å². The van der Waals surface area contributed by atoms with E-state index in [1.807, 2.05) is 12.1 Å². The van der Waals surface area contributed by atoms with Crippen LogP contribution in [0.1, 0.15) is 41.3 Å². The molecule has 136 valence electrons. The molecule has 1 N–H and O–H groups in total. The number of amides is 1. The van der Waals surface area contributed by atoms with Crippen molar-refractivity contribution in [2.75, 3.05) is 12.4 Å². The number of benzene rings is 2. The number of hydrogen-bond acceptors (Lipinski definition) is 4. The lowest BCUT2D eigenvalue weighted by atomic mass is 9.91. The summed E-state index contributed by atoms with van der Waals surface area (Å²) in [6.45, 7) is 1.74. The molecule has 0 saturated heterocycles. The van der Waals surface area contributed by atoms with Gasteiger partial charge in [-0.2, -0.15) is 0 Å².